The first kappa shape index (κ1) is 13.4. The zero-order valence-corrected chi connectivity index (χ0v) is 12.4. The Bertz CT molecular complexity index is 705. The average Bonchev–Trinajstić information content (AvgIpc) is 2.48. The van der Waals surface area contributed by atoms with Crippen LogP contribution in [-0.2, 0) is 0 Å². The van der Waals surface area contributed by atoms with Gasteiger partial charge in [-0.3, -0.25) is 0 Å². The molecule has 0 amide bonds. The van der Waals surface area contributed by atoms with Crippen molar-refractivity contribution in [2.75, 3.05) is 5.32 Å². The van der Waals surface area contributed by atoms with Gasteiger partial charge in [-0.2, -0.15) is 0 Å². The monoisotopic (exact) mass is 277 g/mol. The fourth-order valence-corrected chi connectivity index (χ4v) is 2.55. The normalized spacial score (nSPS) is 17.0. The third-order valence-corrected chi connectivity index (χ3v) is 3.62. The molecule has 0 aromatic heterocycles. The van der Waals surface area contributed by atoms with Gasteiger partial charge >= 0.3 is 0 Å². The summed E-state index contributed by atoms with van der Waals surface area (Å²) in [4.78, 5) is 6.77. The molecule has 3 rings (SSSR count). The molecule has 0 fully saturated rings. The Morgan fingerprint density at radius 2 is 2.14 bits per heavy atom. The van der Waals surface area contributed by atoms with Crippen molar-refractivity contribution in [2.24, 2.45) is 4.99 Å². The SMILES string of the molecule is C=C1C(CC)=C(Nc2cccc(C)c2)N=C2C=CC=CN12. The quantitative estimate of drug-likeness (QED) is 0.890. The Balaban J connectivity index is 1.99. The number of fused-ring (bicyclic) bond motifs is 1. The number of amidine groups is 1. The molecule has 0 spiro atoms. The molecular formula is C18H19N3. The Labute approximate surface area is 125 Å². The highest BCUT2D eigenvalue weighted by Crippen LogP contribution is 2.29. The first-order valence-corrected chi connectivity index (χ1v) is 7.18. The van der Waals surface area contributed by atoms with E-state index < -0.39 is 0 Å². The van der Waals surface area contributed by atoms with Crippen LogP contribution in [0.3, 0.4) is 0 Å². The van der Waals surface area contributed by atoms with E-state index in [0.29, 0.717) is 0 Å². The molecule has 1 N–H and O–H groups in total. The molecule has 2 aliphatic rings. The minimum absolute atomic E-state index is 0.887. The van der Waals surface area contributed by atoms with Crippen LogP contribution in [0, 0.1) is 6.92 Å². The Hall–Kier alpha value is -2.55. The van der Waals surface area contributed by atoms with E-state index >= 15 is 0 Å². The van der Waals surface area contributed by atoms with E-state index in [-0.39, 0.29) is 0 Å². The number of allylic oxidation sites excluding steroid dienone is 3. The topological polar surface area (TPSA) is 27.6 Å². The smallest absolute Gasteiger partial charge is 0.139 e. The Morgan fingerprint density at radius 1 is 1.29 bits per heavy atom. The van der Waals surface area contributed by atoms with E-state index in [1.54, 1.807) is 0 Å². The lowest BCUT2D eigenvalue weighted by Crippen LogP contribution is -2.30. The predicted octanol–water partition coefficient (Wildman–Crippen LogP) is 4.34. The molecule has 2 heterocycles. The fourth-order valence-electron chi connectivity index (χ4n) is 2.55. The molecule has 0 radical (unpaired) electrons. The van der Waals surface area contributed by atoms with Crippen molar-refractivity contribution in [3.05, 3.63) is 77.9 Å². The van der Waals surface area contributed by atoms with Gasteiger partial charge in [0.05, 0.1) is 0 Å². The Kier molecular flexibility index (Phi) is 3.48. The Morgan fingerprint density at radius 3 is 2.90 bits per heavy atom. The first-order chi connectivity index (χ1) is 10.2. The molecule has 3 nitrogen and oxygen atoms in total. The van der Waals surface area contributed by atoms with Crippen LogP contribution in [0.25, 0.3) is 0 Å². The molecule has 0 bridgehead atoms. The van der Waals surface area contributed by atoms with Gasteiger partial charge in [-0.05, 0) is 43.2 Å². The molecule has 0 aliphatic carbocycles. The van der Waals surface area contributed by atoms with Gasteiger partial charge < -0.3 is 10.2 Å². The molecule has 21 heavy (non-hydrogen) atoms. The maximum absolute atomic E-state index is 4.74. The zero-order valence-electron chi connectivity index (χ0n) is 12.4. The first-order valence-electron chi connectivity index (χ1n) is 7.18. The van der Waals surface area contributed by atoms with Gasteiger partial charge in [0.15, 0.2) is 0 Å². The van der Waals surface area contributed by atoms with E-state index in [4.69, 9.17) is 4.99 Å². The largest absolute Gasteiger partial charge is 0.340 e. The number of anilines is 1. The number of aryl methyl sites for hydroxylation is 1. The molecule has 1 aromatic carbocycles. The van der Waals surface area contributed by atoms with Crippen molar-refractivity contribution in [3.8, 4) is 0 Å². The zero-order chi connectivity index (χ0) is 14.8. The van der Waals surface area contributed by atoms with Crippen LogP contribution in [0.4, 0.5) is 5.69 Å². The summed E-state index contributed by atoms with van der Waals surface area (Å²) in [5.41, 5.74) is 4.40. The van der Waals surface area contributed by atoms with Crippen LogP contribution < -0.4 is 5.32 Å². The van der Waals surface area contributed by atoms with Crippen LogP contribution in [-0.4, -0.2) is 10.7 Å². The van der Waals surface area contributed by atoms with E-state index in [1.165, 1.54) is 5.56 Å². The number of aliphatic imine (C=N–C) groups is 1. The lowest BCUT2D eigenvalue weighted by atomic mass is 10.1. The maximum Gasteiger partial charge on any atom is 0.139 e. The summed E-state index contributed by atoms with van der Waals surface area (Å²) in [5, 5.41) is 3.43. The van der Waals surface area contributed by atoms with Crippen molar-refractivity contribution in [1.29, 1.82) is 0 Å². The van der Waals surface area contributed by atoms with Gasteiger partial charge in [-0.25, -0.2) is 4.99 Å². The van der Waals surface area contributed by atoms with Crippen molar-refractivity contribution in [2.45, 2.75) is 20.3 Å². The fraction of sp³-hybridized carbons (Fsp3) is 0.167. The number of benzene rings is 1. The van der Waals surface area contributed by atoms with Crippen molar-refractivity contribution >= 4 is 11.5 Å². The van der Waals surface area contributed by atoms with E-state index in [1.807, 2.05) is 35.4 Å². The predicted molar refractivity (Wildman–Crippen MR) is 88.8 cm³/mol. The molecule has 0 unspecified atom stereocenters. The van der Waals surface area contributed by atoms with Crippen LogP contribution in [0.5, 0.6) is 0 Å². The molecule has 0 saturated carbocycles. The summed E-state index contributed by atoms with van der Waals surface area (Å²) in [6.07, 6.45) is 8.87. The number of nitrogens with one attached hydrogen (secondary N) is 1. The van der Waals surface area contributed by atoms with Crippen LogP contribution in [0.2, 0.25) is 0 Å². The standard InChI is InChI=1S/C18H19N3/c1-4-16-14(3)21-11-6-5-10-17(21)20-18(16)19-15-9-7-8-13(2)12-15/h5-12,19H,3-4H2,1-2H3. The number of nitrogens with zero attached hydrogens (tertiary/aromatic N) is 2. The van der Waals surface area contributed by atoms with Gasteiger partial charge in [-0.15, -0.1) is 0 Å². The summed E-state index contributed by atoms with van der Waals surface area (Å²) in [5.74, 6) is 1.79. The number of hydrogen-bond acceptors (Lipinski definition) is 3. The molecule has 106 valence electrons. The summed E-state index contributed by atoms with van der Waals surface area (Å²) >= 11 is 0. The number of hydrogen-bond donors (Lipinski definition) is 1. The van der Waals surface area contributed by atoms with Gasteiger partial charge in [0.25, 0.3) is 0 Å². The number of rotatable bonds is 3. The second kappa shape index (κ2) is 5.44. The molecule has 0 atom stereocenters. The average molecular weight is 277 g/mol. The minimum atomic E-state index is 0.887. The van der Waals surface area contributed by atoms with E-state index in [9.17, 15) is 0 Å². The van der Waals surface area contributed by atoms with E-state index in [0.717, 1.165) is 35.0 Å². The van der Waals surface area contributed by atoms with Gasteiger partial charge in [-0.1, -0.05) is 31.7 Å². The minimum Gasteiger partial charge on any atom is -0.340 e. The highest BCUT2D eigenvalue weighted by Gasteiger charge is 2.23. The van der Waals surface area contributed by atoms with Crippen LogP contribution in [0.15, 0.2) is 77.4 Å². The highest BCUT2D eigenvalue weighted by molar-refractivity contribution is 5.98. The second-order valence-corrected chi connectivity index (χ2v) is 5.16. The van der Waals surface area contributed by atoms with Crippen molar-refractivity contribution in [1.82, 2.24) is 4.90 Å². The summed E-state index contributed by atoms with van der Waals surface area (Å²) in [6, 6.07) is 8.30. The summed E-state index contributed by atoms with van der Waals surface area (Å²) in [7, 11) is 0. The van der Waals surface area contributed by atoms with Crippen molar-refractivity contribution in [3.63, 3.8) is 0 Å². The second-order valence-electron chi connectivity index (χ2n) is 5.16. The van der Waals surface area contributed by atoms with Crippen LogP contribution >= 0.6 is 0 Å². The van der Waals surface area contributed by atoms with Gasteiger partial charge in [0.2, 0.25) is 0 Å². The molecular weight excluding hydrogens is 258 g/mol. The maximum atomic E-state index is 4.74. The molecule has 0 saturated heterocycles. The lowest BCUT2D eigenvalue weighted by molar-refractivity contribution is 0.674. The van der Waals surface area contributed by atoms with E-state index in [2.05, 4.69) is 43.9 Å². The molecule has 1 aromatic rings. The molecule has 3 heteroatoms. The third kappa shape index (κ3) is 2.55. The lowest BCUT2D eigenvalue weighted by Gasteiger charge is -2.31. The van der Waals surface area contributed by atoms with Crippen LogP contribution in [0.1, 0.15) is 18.9 Å². The third-order valence-electron chi connectivity index (χ3n) is 3.62. The summed E-state index contributed by atoms with van der Waals surface area (Å²) in [6.45, 7) is 8.44. The van der Waals surface area contributed by atoms with Crippen molar-refractivity contribution < 1.29 is 0 Å². The van der Waals surface area contributed by atoms with Gasteiger partial charge in [0.1, 0.15) is 11.7 Å². The van der Waals surface area contributed by atoms with Gasteiger partial charge in [0, 0.05) is 23.2 Å². The summed E-state index contributed by atoms with van der Waals surface area (Å²) < 4.78 is 0. The molecule has 2 aliphatic heterocycles. The highest BCUT2D eigenvalue weighted by atomic mass is 15.2.